The minimum Gasteiger partial charge on any atom is -0.478 e. The summed E-state index contributed by atoms with van der Waals surface area (Å²) < 4.78 is 21.9. The van der Waals surface area contributed by atoms with E-state index < -0.39 is 47.2 Å². The third-order valence-electron chi connectivity index (χ3n) is 6.66. The number of aromatic carboxylic acids is 1. The number of esters is 2. The van der Waals surface area contributed by atoms with Gasteiger partial charge in [0, 0.05) is 18.8 Å². The Morgan fingerprint density at radius 3 is 1.86 bits per heavy atom. The summed E-state index contributed by atoms with van der Waals surface area (Å²) in [5, 5.41) is 9.71. The van der Waals surface area contributed by atoms with Crippen molar-refractivity contribution in [2.24, 2.45) is 0 Å². The minimum absolute atomic E-state index is 0.117. The van der Waals surface area contributed by atoms with Crippen LogP contribution in [-0.2, 0) is 19.1 Å². The van der Waals surface area contributed by atoms with Crippen LogP contribution in [0.15, 0.2) is 30.3 Å². The van der Waals surface area contributed by atoms with E-state index in [2.05, 4.69) is 0 Å². The smallest absolute Gasteiger partial charge is 0.340 e. The summed E-state index contributed by atoms with van der Waals surface area (Å²) in [6.45, 7) is 0.801. The second-order valence-electron chi connectivity index (χ2n) is 9.06. The molecular formula is C27H24O10. The molecule has 0 radical (unpaired) electrons. The Morgan fingerprint density at radius 2 is 1.32 bits per heavy atom. The first-order valence-corrected chi connectivity index (χ1v) is 12.2. The Morgan fingerprint density at radius 1 is 0.730 bits per heavy atom. The highest BCUT2D eigenvalue weighted by Crippen LogP contribution is 2.39. The van der Waals surface area contributed by atoms with Crippen LogP contribution in [0.4, 0.5) is 0 Å². The number of carbonyl (C=O) groups excluding carboxylic acids is 4. The highest BCUT2D eigenvalue weighted by molar-refractivity contribution is 6.32. The van der Waals surface area contributed by atoms with Crippen molar-refractivity contribution < 1.29 is 48.0 Å². The summed E-state index contributed by atoms with van der Waals surface area (Å²) in [7, 11) is 0. The molecule has 5 rings (SSSR count). The highest BCUT2D eigenvalue weighted by Gasteiger charge is 2.39. The number of hydrogen-bond acceptors (Lipinski definition) is 9. The van der Waals surface area contributed by atoms with E-state index in [4.69, 9.17) is 18.9 Å². The Labute approximate surface area is 211 Å². The second-order valence-corrected chi connectivity index (χ2v) is 9.06. The number of carbonyl (C=O) groups is 5. The van der Waals surface area contributed by atoms with Crippen LogP contribution in [0, 0.1) is 0 Å². The second kappa shape index (κ2) is 10.2. The molecule has 2 aromatic rings. The number of rotatable bonds is 5. The molecule has 2 saturated heterocycles. The molecule has 0 bridgehead atoms. The summed E-state index contributed by atoms with van der Waals surface area (Å²) >= 11 is 0. The van der Waals surface area contributed by atoms with Crippen LogP contribution in [0.2, 0.25) is 0 Å². The van der Waals surface area contributed by atoms with E-state index in [1.165, 1.54) is 24.3 Å². The van der Waals surface area contributed by atoms with E-state index in [-0.39, 0.29) is 33.8 Å². The lowest BCUT2D eigenvalue weighted by Gasteiger charge is -2.25. The molecule has 2 fully saturated rings. The van der Waals surface area contributed by atoms with Gasteiger partial charge in [-0.2, -0.15) is 0 Å². The van der Waals surface area contributed by atoms with Crippen molar-refractivity contribution in [3.05, 3.63) is 58.1 Å². The zero-order valence-corrected chi connectivity index (χ0v) is 19.8. The predicted molar refractivity (Wildman–Crippen MR) is 125 cm³/mol. The van der Waals surface area contributed by atoms with Gasteiger partial charge in [-0.1, -0.05) is 12.1 Å². The molecule has 0 spiro atoms. The third-order valence-corrected chi connectivity index (χ3v) is 6.66. The molecule has 37 heavy (non-hydrogen) atoms. The molecule has 3 aliphatic rings. The molecule has 0 saturated carbocycles. The predicted octanol–water partition coefficient (Wildman–Crippen LogP) is 3.11. The molecular weight excluding hydrogens is 484 g/mol. The highest BCUT2D eigenvalue weighted by atomic mass is 16.6. The SMILES string of the molecule is O=C(O)c1ccc(OC(=O)C2CCCCO2)c2c1C(=O)c1cccc(OC(=O)C3CCCCO3)c1C2=O. The fourth-order valence-corrected chi connectivity index (χ4v) is 4.81. The number of ether oxygens (including phenoxy) is 4. The molecule has 2 aliphatic heterocycles. The van der Waals surface area contributed by atoms with Crippen LogP contribution in [0.3, 0.4) is 0 Å². The van der Waals surface area contributed by atoms with Crippen molar-refractivity contribution in [3.8, 4) is 11.5 Å². The van der Waals surface area contributed by atoms with Gasteiger partial charge in [0.2, 0.25) is 5.78 Å². The monoisotopic (exact) mass is 508 g/mol. The summed E-state index contributed by atoms with van der Waals surface area (Å²) in [6.07, 6.45) is 2.46. The van der Waals surface area contributed by atoms with Gasteiger partial charge in [-0.3, -0.25) is 9.59 Å². The average Bonchev–Trinajstić information content (AvgIpc) is 2.92. The molecule has 10 heteroatoms. The average molecular weight is 508 g/mol. The lowest BCUT2D eigenvalue weighted by molar-refractivity contribution is -0.150. The van der Waals surface area contributed by atoms with Crippen LogP contribution < -0.4 is 9.47 Å². The van der Waals surface area contributed by atoms with Gasteiger partial charge in [0.05, 0.1) is 22.3 Å². The van der Waals surface area contributed by atoms with Gasteiger partial charge in [-0.05, 0) is 56.7 Å². The maximum Gasteiger partial charge on any atom is 0.340 e. The summed E-state index contributed by atoms with van der Waals surface area (Å²) in [4.78, 5) is 64.7. The van der Waals surface area contributed by atoms with Crippen molar-refractivity contribution in [1.82, 2.24) is 0 Å². The Hall–Kier alpha value is -3.89. The maximum atomic E-state index is 13.8. The maximum absolute atomic E-state index is 13.8. The van der Waals surface area contributed by atoms with Crippen LogP contribution in [0.25, 0.3) is 0 Å². The summed E-state index contributed by atoms with van der Waals surface area (Å²) in [5.74, 6) is -4.85. The minimum atomic E-state index is -1.42. The quantitative estimate of drug-likeness (QED) is 0.403. The van der Waals surface area contributed by atoms with Crippen molar-refractivity contribution in [2.45, 2.75) is 50.7 Å². The topological polar surface area (TPSA) is 143 Å². The molecule has 2 unspecified atom stereocenters. The lowest BCUT2D eigenvalue weighted by Crippen LogP contribution is -2.34. The number of ketones is 2. The van der Waals surface area contributed by atoms with E-state index in [0.29, 0.717) is 26.1 Å². The Balaban J connectivity index is 1.55. The molecule has 0 amide bonds. The number of carboxylic acid groups (broad SMARTS) is 1. The first kappa shape index (κ1) is 24.8. The number of carboxylic acids is 1. The lowest BCUT2D eigenvalue weighted by atomic mass is 9.81. The standard InChI is InChI=1S/C27H24O10/c28-23-14-6-5-9-16(36-26(32)18-7-1-3-12-34-18)20(14)24(29)22-17(11-10-15(21(22)23)25(30)31)37-27(33)19-8-2-4-13-35-19/h5-6,9-11,18-19H,1-4,7-8,12-13H2,(H,30,31). The molecule has 0 aromatic heterocycles. The van der Waals surface area contributed by atoms with Gasteiger partial charge in [-0.15, -0.1) is 0 Å². The van der Waals surface area contributed by atoms with Crippen molar-refractivity contribution >= 4 is 29.5 Å². The number of hydrogen-bond donors (Lipinski definition) is 1. The van der Waals surface area contributed by atoms with E-state index in [1.54, 1.807) is 0 Å². The fraction of sp³-hybridized carbons (Fsp3) is 0.370. The molecule has 1 N–H and O–H groups in total. The Bertz CT molecular complexity index is 1300. The molecule has 1 aliphatic carbocycles. The van der Waals surface area contributed by atoms with Crippen LogP contribution in [-0.4, -0.2) is 60.0 Å². The zero-order valence-electron chi connectivity index (χ0n) is 19.8. The van der Waals surface area contributed by atoms with Crippen LogP contribution in [0.5, 0.6) is 11.5 Å². The van der Waals surface area contributed by atoms with Crippen LogP contribution >= 0.6 is 0 Å². The van der Waals surface area contributed by atoms with E-state index >= 15 is 0 Å². The first-order valence-electron chi connectivity index (χ1n) is 12.2. The van der Waals surface area contributed by atoms with Gasteiger partial charge < -0.3 is 24.1 Å². The number of benzene rings is 2. The first-order chi connectivity index (χ1) is 17.9. The van der Waals surface area contributed by atoms with Crippen LogP contribution in [0.1, 0.15) is 80.7 Å². The van der Waals surface area contributed by atoms with Gasteiger partial charge in [-0.25, -0.2) is 14.4 Å². The fourth-order valence-electron chi connectivity index (χ4n) is 4.81. The van der Waals surface area contributed by atoms with Crippen molar-refractivity contribution in [2.75, 3.05) is 13.2 Å². The summed E-state index contributed by atoms with van der Waals surface area (Å²) in [5.41, 5.74) is -1.50. The largest absolute Gasteiger partial charge is 0.478 e. The van der Waals surface area contributed by atoms with Gasteiger partial charge in [0.15, 0.2) is 18.0 Å². The molecule has 2 heterocycles. The summed E-state index contributed by atoms with van der Waals surface area (Å²) in [6, 6.07) is 6.45. The Kier molecular flexibility index (Phi) is 6.86. The third kappa shape index (κ3) is 4.65. The van der Waals surface area contributed by atoms with Gasteiger partial charge in [0.25, 0.3) is 0 Å². The van der Waals surface area contributed by atoms with Gasteiger partial charge in [0.1, 0.15) is 11.5 Å². The normalized spacial score (nSPS) is 21.0. The van der Waals surface area contributed by atoms with Gasteiger partial charge >= 0.3 is 17.9 Å². The van der Waals surface area contributed by atoms with Crippen molar-refractivity contribution in [1.29, 1.82) is 0 Å². The van der Waals surface area contributed by atoms with Crippen molar-refractivity contribution in [3.63, 3.8) is 0 Å². The van der Waals surface area contributed by atoms with E-state index in [0.717, 1.165) is 31.7 Å². The zero-order chi connectivity index (χ0) is 26.1. The molecule has 2 aromatic carbocycles. The van der Waals surface area contributed by atoms with E-state index in [9.17, 15) is 29.1 Å². The molecule has 2 atom stereocenters. The van der Waals surface area contributed by atoms with E-state index in [1.807, 2.05) is 0 Å². The molecule has 10 nitrogen and oxygen atoms in total. The molecule has 192 valence electrons. The number of fused-ring (bicyclic) bond motifs is 2.